The Labute approximate surface area is 141 Å². The molecule has 3 rings (SSSR count). The van der Waals surface area contributed by atoms with Crippen LogP contribution in [0, 0.1) is 18.8 Å². The fourth-order valence-corrected chi connectivity index (χ4v) is 4.32. The number of nitrogens with zero attached hydrogens (tertiary/aromatic N) is 2. The Kier molecular flexibility index (Phi) is 4.98. The SMILES string of the molecule is CCC(CC)[C@H]1[C@@H]2OC[C@@H](C(C)C)N1CN2c1ccc(C)cc1. The molecule has 1 aromatic carbocycles. The molecule has 0 saturated carbocycles. The quantitative estimate of drug-likeness (QED) is 0.807. The Morgan fingerprint density at radius 1 is 1.13 bits per heavy atom. The summed E-state index contributed by atoms with van der Waals surface area (Å²) in [6, 6.07) is 9.96. The molecule has 0 spiro atoms. The Balaban J connectivity index is 1.92. The van der Waals surface area contributed by atoms with Crippen LogP contribution < -0.4 is 4.90 Å². The molecule has 0 N–H and O–H groups in total. The molecule has 2 fully saturated rings. The molecule has 2 heterocycles. The van der Waals surface area contributed by atoms with Crippen molar-refractivity contribution in [1.29, 1.82) is 0 Å². The fourth-order valence-electron chi connectivity index (χ4n) is 4.32. The Hall–Kier alpha value is -1.06. The first kappa shape index (κ1) is 16.8. The van der Waals surface area contributed by atoms with E-state index in [0.29, 0.717) is 23.9 Å². The average Bonchev–Trinajstić information content (AvgIpc) is 2.78. The second kappa shape index (κ2) is 6.82. The molecule has 4 atom stereocenters. The molecule has 23 heavy (non-hydrogen) atoms. The zero-order valence-electron chi connectivity index (χ0n) is 15.3. The summed E-state index contributed by atoms with van der Waals surface area (Å²) in [4.78, 5) is 5.21. The van der Waals surface area contributed by atoms with Crippen molar-refractivity contribution in [3.8, 4) is 0 Å². The maximum Gasteiger partial charge on any atom is 0.147 e. The van der Waals surface area contributed by atoms with Gasteiger partial charge in [0.25, 0.3) is 0 Å². The van der Waals surface area contributed by atoms with Gasteiger partial charge in [0.1, 0.15) is 6.23 Å². The average molecular weight is 316 g/mol. The van der Waals surface area contributed by atoms with Crippen LogP contribution in [-0.4, -0.2) is 36.5 Å². The van der Waals surface area contributed by atoms with Gasteiger partial charge in [-0.25, -0.2) is 0 Å². The third-order valence-corrected chi connectivity index (χ3v) is 5.83. The van der Waals surface area contributed by atoms with Crippen molar-refractivity contribution in [2.75, 3.05) is 18.2 Å². The molecule has 2 aliphatic rings. The van der Waals surface area contributed by atoms with E-state index in [4.69, 9.17) is 4.74 Å². The van der Waals surface area contributed by atoms with E-state index in [1.807, 2.05) is 0 Å². The number of hydrogen-bond donors (Lipinski definition) is 0. The van der Waals surface area contributed by atoms with Gasteiger partial charge in [0.15, 0.2) is 0 Å². The maximum absolute atomic E-state index is 6.42. The third kappa shape index (κ3) is 3.01. The topological polar surface area (TPSA) is 15.7 Å². The largest absolute Gasteiger partial charge is 0.355 e. The predicted molar refractivity (Wildman–Crippen MR) is 96.6 cm³/mol. The summed E-state index contributed by atoms with van der Waals surface area (Å²) in [7, 11) is 0. The van der Waals surface area contributed by atoms with Gasteiger partial charge in [-0.05, 0) is 30.9 Å². The summed E-state index contributed by atoms with van der Waals surface area (Å²) in [6.45, 7) is 13.3. The van der Waals surface area contributed by atoms with Crippen molar-refractivity contribution in [2.45, 2.75) is 65.8 Å². The van der Waals surface area contributed by atoms with Crippen LogP contribution >= 0.6 is 0 Å². The number of aryl methyl sites for hydroxylation is 1. The van der Waals surface area contributed by atoms with Crippen LogP contribution in [0.2, 0.25) is 0 Å². The first-order valence-electron chi connectivity index (χ1n) is 9.27. The number of anilines is 1. The minimum atomic E-state index is 0.206. The van der Waals surface area contributed by atoms with Gasteiger partial charge < -0.3 is 9.64 Å². The monoisotopic (exact) mass is 316 g/mol. The standard InChI is InChI=1S/C20H32N2O/c1-6-16(7-2)19-20-21(17-10-8-15(5)9-11-17)13-22(19)18(12-23-20)14(3)4/h8-11,14,16,18-20H,6-7,12-13H2,1-5H3/t18-,19-,20-/m0/s1. The molecule has 3 nitrogen and oxygen atoms in total. The summed E-state index contributed by atoms with van der Waals surface area (Å²) in [5.41, 5.74) is 2.61. The maximum atomic E-state index is 6.42. The number of fused-ring (bicyclic) bond motifs is 2. The normalized spacial score (nSPS) is 30.5. The van der Waals surface area contributed by atoms with Gasteiger partial charge in [-0.2, -0.15) is 0 Å². The molecule has 1 unspecified atom stereocenters. The summed E-state index contributed by atoms with van der Waals surface area (Å²) in [6.07, 6.45) is 2.66. The Morgan fingerprint density at radius 2 is 1.78 bits per heavy atom. The van der Waals surface area contributed by atoms with Crippen LogP contribution in [0.5, 0.6) is 0 Å². The molecule has 1 aromatic rings. The van der Waals surface area contributed by atoms with Crippen LogP contribution in [0.4, 0.5) is 5.69 Å². The van der Waals surface area contributed by atoms with Crippen LogP contribution in [-0.2, 0) is 4.74 Å². The van der Waals surface area contributed by atoms with Gasteiger partial charge in [-0.15, -0.1) is 0 Å². The lowest BCUT2D eigenvalue weighted by Gasteiger charge is -2.43. The zero-order valence-corrected chi connectivity index (χ0v) is 15.3. The highest BCUT2D eigenvalue weighted by atomic mass is 16.5. The minimum absolute atomic E-state index is 0.206. The smallest absolute Gasteiger partial charge is 0.147 e. The molecule has 128 valence electrons. The predicted octanol–water partition coefficient (Wildman–Crippen LogP) is 4.26. The number of hydrogen-bond acceptors (Lipinski definition) is 3. The van der Waals surface area contributed by atoms with Crippen molar-refractivity contribution in [3.05, 3.63) is 29.8 Å². The molecule has 0 aromatic heterocycles. The summed E-state index contributed by atoms with van der Waals surface area (Å²) >= 11 is 0. The highest BCUT2D eigenvalue weighted by molar-refractivity contribution is 5.49. The van der Waals surface area contributed by atoms with E-state index in [2.05, 4.69) is 68.7 Å². The summed E-state index contributed by atoms with van der Waals surface area (Å²) in [5.74, 6) is 1.34. The molecule has 2 saturated heterocycles. The highest BCUT2D eigenvalue weighted by Crippen LogP contribution is 2.39. The summed E-state index contributed by atoms with van der Waals surface area (Å²) in [5, 5.41) is 0. The van der Waals surface area contributed by atoms with Crippen molar-refractivity contribution in [3.63, 3.8) is 0 Å². The lowest BCUT2D eigenvalue weighted by molar-refractivity contribution is -0.0871. The van der Waals surface area contributed by atoms with Crippen molar-refractivity contribution < 1.29 is 4.74 Å². The lowest BCUT2D eigenvalue weighted by Crippen LogP contribution is -2.55. The molecular weight excluding hydrogens is 284 g/mol. The first-order chi connectivity index (χ1) is 11.1. The number of morpholine rings is 1. The minimum Gasteiger partial charge on any atom is -0.355 e. The molecule has 0 amide bonds. The van der Waals surface area contributed by atoms with Gasteiger partial charge in [0.05, 0.1) is 19.3 Å². The first-order valence-corrected chi connectivity index (χ1v) is 9.27. The zero-order chi connectivity index (χ0) is 16.6. The van der Waals surface area contributed by atoms with E-state index >= 15 is 0 Å². The van der Waals surface area contributed by atoms with Gasteiger partial charge in [-0.1, -0.05) is 58.2 Å². The Bertz CT molecular complexity index is 509. The van der Waals surface area contributed by atoms with E-state index in [1.165, 1.54) is 24.1 Å². The van der Waals surface area contributed by atoms with E-state index < -0.39 is 0 Å². The molecule has 0 radical (unpaired) electrons. The fraction of sp³-hybridized carbons (Fsp3) is 0.700. The lowest BCUT2D eigenvalue weighted by atomic mass is 9.89. The number of ether oxygens (including phenoxy) is 1. The van der Waals surface area contributed by atoms with E-state index in [1.54, 1.807) is 0 Å². The van der Waals surface area contributed by atoms with Crippen LogP contribution in [0.1, 0.15) is 46.1 Å². The van der Waals surface area contributed by atoms with Crippen molar-refractivity contribution >= 4 is 5.69 Å². The molecule has 2 bridgehead atoms. The number of benzene rings is 1. The van der Waals surface area contributed by atoms with Crippen molar-refractivity contribution in [2.24, 2.45) is 11.8 Å². The molecular formula is C20H32N2O. The number of rotatable bonds is 5. The second-order valence-corrected chi connectivity index (χ2v) is 7.56. The van der Waals surface area contributed by atoms with Gasteiger partial charge >= 0.3 is 0 Å². The van der Waals surface area contributed by atoms with Crippen molar-refractivity contribution in [1.82, 2.24) is 4.90 Å². The van der Waals surface area contributed by atoms with E-state index in [-0.39, 0.29) is 6.23 Å². The Morgan fingerprint density at radius 3 is 2.35 bits per heavy atom. The molecule has 0 aliphatic carbocycles. The van der Waals surface area contributed by atoms with Crippen LogP contribution in [0.3, 0.4) is 0 Å². The van der Waals surface area contributed by atoms with Crippen LogP contribution in [0.15, 0.2) is 24.3 Å². The van der Waals surface area contributed by atoms with Gasteiger partial charge in [0.2, 0.25) is 0 Å². The third-order valence-electron chi connectivity index (χ3n) is 5.83. The highest BCUT2D eigenvalue weighted by Gasteiger charge is 2.50. The van der Waals surface area contributed by atoms with Gasteiger partial charge in [-0.3, -0.25) is 4.90 Å². The second-order valence-electron chi connectivity index (χ2n) is 7.56. The van der Waals surface area contributed by atoms with E-state index in [0.717, 1.165) is 13.3 Å². The van der Waals surface area contributed by atoms with Gasteiger partial charge in [0, 0.05) is 11.7 Å². The summed E-state index contributed by atoms with van der Waals surface area (Å²) < 4.78 is 6.42. The van der Waals surface area contributed by atoms with E-state index in [9.17, 15) is 0 Å². The molecule has 2 aliphatic heterocycles. The van der Waals surface area contributed by atoms with Crippen LogP contribution in [0.25, 0.3) is 0 Å². The molecule has 3 heteroatoms.